The van der Waals surface area contributed by atoms with Gasteiger partial charge in [0.05, 0.1) is 12.0 Å². The first kappa shape index (κ1) is 24.1. The number of carbonyl (C=O) groups excluding carboxylic acids is 1. The van der Waals surface area contributed by atoms with Crippen LogP contribution in [0.1, 0.15) is 96.1 Å². The van der Waals surface area contributed by atoms with Crippen LogP contribution >= 0.6 is 12.6 Å². The van der Waals surface area contributed by atoms with Crippen molar-refractivity contribution in [2.75, 3.05) is 6.54 Å². The second-order valence-electron chi connectivity index (χ2n) is 7.79. The van der Waals surface area contributed by atoms with Crippen molar-refractivity contribution in [3.8, 4) is 0 Å². The first-order valence-corrected chi connectivity index (χ1v) is 11.5. The average molecular weight is 396 g/mol. The summed E-state index contributed by atoms with van der Waals surface area (Å²) < 4.78 is 1.93. The van der Waals surface area contributed by atoms with Gasteiger partial charge in [0, 0.05) is 37.9 Å². The molecule has 27 heavy (non-hydrogen) atoms. The molecular formula is C22H41N3OS. The number of aryl methyl sites for hydroxylation is 1. The van der Waals surface area contributed by atoms with E-state index < -0.39 is 0 Å². The topological polar surface area (TPSA) is 46.9 Å². The molecule has 1 aromatic heterocycles. The largest absolute Gasteiger partial charge is 0.356 e. The van der Waals surface area contributed by atoms with Crippen LogP contribution in [0.5, 0.6) is 0 Å². The van der Waals surface area contributed by atoms with Gasteiger partial charge < -0.3 is 9.88 Å². The number of hydrogen-bond acceptors (Lipinski definition) is 3. The zero-order valence-corrected chi connectivity index (χ0v) is 18.5. The molecular weight excluding hydrogens is 354 g/mol. The van der Waals surface area contributed by atoms with Crippen molar-refractivity contribution in [2.24, 2.45) is 7.05 Å². The monoisotopic (exact) mass is 395 g/mol. The van der Waals surface area contributed by atoms with Crippen molar-refractivity contribution >= 4 is 18.5 Å². The second kappa shape index (κ2) is 16.0. The normalized spacial score (nSPS) is 12.3. The van der Waals surface area contributed by atoms with Gasteiger partial charge in [0.1, 0.15) is 0 Å². The summed E-state index contributed by atoms with van der Waals surface area (Å²) in [6.45, 7) is 2.93. The van der Waals surface area contributed by atoms with Crippen molar-refractivity contribution < 1.29 is 4.79 Å². The highest BCUT2D eigenvalue weighted by atomic mass is 32.1. The Labute approximate surface area is 172 Å². The standard InChI is InChI=1S/C22H41N3OS/c1-3-4-13-21(27)14-11-9-7-5-6-8-10-12-15-22(26)23-17-16-20-18-25(2)19-24-20/h18-19,21,27H,3-17H2,1-2H3,(H,23,26). The molecule has 1 N–H and O–H groups in total. The van der Waals surface area contributed by atoms with Crippen LogP contribution < -0.4 is 5.32 Å². The number of amides is 1. The Bertz CT molecular complexity index is 490. The molecule has 1 atom stereocenters. The molecule has 156 valence electrons. The van der Waals surface area contributed by atoms with Crippen molar-refractivity contribution in [3.63, 3.8) is 0 Å². The van der Waals surface area contributed by atoms with Crippen LogP contribution in [0, 0.1) is 0 Å². The highest BCUT2D eigenvalue weighted by Crippen LogP contribution is 2.16. The number of nitrogens with one attached hydrogen (secondary N) is 1. The number of unbranched alkanes of at least 4 members (excludes halogenated alkanes) is 8. The van der Waals surface area contributed by atoms with Gasteiger partial charge in [-0.25, -0.2) is 4.98 Å². The van der Waals surface area contributed by atoms with E-state index in [1.165, 1.54) is 70.6 Å². The van der Waals surface area contributed by atoms with Crippen molar-refractivity contribution in [1.29, 1.82) is 0 Å². The third-order valence-electron chi connectivity index (χ3n) is 5.04. The summed E-state index contributed by atoms with van der Waals surface area (Å²) in [5.41, 5.74) is 1.03. The smallest absolute Gasteiger partial charge is 0.220 e. The number of thiol groups is 1. The summed E-state index contributed by atoms with van der Waals surface area (Å²) in [7, 11) is 1.96. The fourth-order valence-corrected chi connectivity index (χ4v) is 3.69. The Morgan fingerprint density at radius 1 is 1.07 bits per heavy atom. The van der Waals surface area contributed by atoms with E-state index in [9.17, 15) is 4.79 Å². The van der Waals surface area contributed by atoms with Gasteiger partial charge in [-0.1, -0.05) is 64.7 Å². The van der Waals surface area contributed by atoms with Gasteiger partial charge in [0.2, 0.25) is 5.91 Å². The van der Waals surface area contributed by atoms with Crippen LogP contribution in [0.15, 0.2) is 12.5 Å². The van der Waals surface area contributed by atoms with Gasteiger partial charge >= 0.3 is 0 Å². The molecule has 0 bridgehead atoms. The summed E-state index contributed by atoms with van der Waals surface area (Å²) in [6, 6.07) is 0. The number of aromatic nitrogens is 2. The SMILES string of the molecule is CCCCC(S)CCCCCCCCCCC(=O)NCCc1cn(C)cn1. The Hall–Kier alpha value is -0.970. The van der Waals surface area contributed by atoms with Crippen molar-refractivity contribution in [2.45, 2.75) is 102 Å². The van der Waals surface area contributed by atoms with E-state index in [1.807, 2.05) is 17.8 Å². The molecule has 0 aliphatic rings. The maximum atomic E-state index is 11.8. The summed E-state index contributed by atoms with van der Waals surface area (Å²) in [5.74, 6) is 0.176. The van der Waals surface area contributed by atoms with Gasteiger partial charge in [0.25, 0.3) is 0 Å². The Morgan fingerprint density at radius 3 is 2.33 bits per heavy atom. The third kappa shape index (κ3) is 13.8. The maximum absolute atomic E-state index is 11.8. The molecule has 1 unspecified atom stereocenters. The van der Waals surface area contributed by atoms with Gasteiger partial charge in [-0.3, -0.25) is 4.79 Å². The Morgan fingerprint density at radius 2 is 1.70 bits per heavy atom. The van der Waals surface area contributed by atoms with Crippen LogP contribution in [0.3, 0.4) is 0 Å². The number of nitrogens with zero attached hydrogens (tertiary/aromatic N) is 2. The second-order valence-corrected chi connectivity index (χ2v) is 8.52. The summed E-state index contributed by atoms with van der Waals surface area (Å²) in [4.78, 5) is 16.1. The fraction of sp³-hybridized carbons (Fsp3) is 0.818. The molecule has 0 aliphatic carbocycles. The van der Waals surface area contributed by atoms with Gasteiger partial charge in [0.15, 0.2) is 0 Å². The van der Waals surface area contributed by atoms with E-state index in [0.29, 0.717) is 18.2 Å². The quantitative estimate of drug-likeness (QED) is 0.271. The molecule has 0 saturated carbocycles. The molecule has 0 aromatic carbocycles. The minimum atomic E-state index is 0.176. The maximum Gasteiger partial charge on any atom is 0.220 e. The molecule has 1 rings (SSSR count). The molecule has 0 radical (unpaired) electrons. The summed E-state index contributed by atoms with van der Waals surface area (Å²) in [5, 5.41) is 3.60. The minimum absolute atomic E-state index is 0.176. The van der Waals surface area contributed by atoms with E-state index >= 15 is 0 Å². The van der Waals surface area contributed by atoms with Crippen LogP contribution in [-0.2, 0) is 18.3 Å². The van der Waals surface area contributed by atoms with Crippen molar-refractivity contribution in [1.82, 2.24) is 14.9 Å². The molecule has 0 aliphatic heterocycles. The molecule has 1 heterocycles. The molecule has 1 aromatic rings. The average Bonchev–Trinajstić information content (AvgIpc) is 3.06. The Kier molecular flexibility index (Phi) is 14.3. The molecule has 5 heteroatoms. The zero-order valence-electron chi connectivity index (χ0n) is 17.6. The Balaban J connectivity index is 1.82. The number of rotatable bonds is 17. The molecule has 0 saturated heterocycles. The highest BCUT2D eigenvalue weighted by molar-refractivity contribution is 7.80. The van der Waals surface area contributed by atoms with E-state index in [4.69, 9.17) is 0 Å². The van der Waals surface area contributed by atoms with Gasteiger partial charge in [-0.2, -0.15) is 12.6 Å². The predicted molar refractivity (Wildman–Crippen MR) is 118 cm³/mol. The van der Waals surface area contributed by atoms with Crippen molar-refractivity contribution in [3.05, 3.63) is 18.2 Å². The van der Waals surface area contributed by atoms with Gasteiger partial charge in [-0.05, 0) is 19.3 Å². The summed E-state index contributed by atoms with van der Waals surface area (Å²) >= 11 is 4.67. The van der Waals surface area contributed by atoms with Gasteiger partial charge in [-0.15, -0.1) is 0 Å². The lowest BCUT2D eigenvalue weighted by atomic mass is 10.0. The molecule has 1 amide bonds. The minimum Gasteiger partial charge on any atom is -0.356 e. The van der Waals surface area contributed by atoms with E-state index in [0.717, 1.165) is 18.5 Å². The summed E-state index contributed by atoms with van der Waals surface area (Å²) in [6.07, 6.45) is 20.5. The number of carbonyl (C=O) groups is 1. The lowest BCUT2D eigenvalue weighted by Crippen LogP contribution is -2.25. The number of imidazole rings is 1. The first-order valence-electron chi connectivity index (χ1n) is 11.0. The lowest BCUT2D eigenvalue weighted by Gasteiger charge is -2.09. The van der Waals surface area contributed by atoms with E-state index in [-0.39, 0.29) is 5.91 Å². The molecule has 4 nitrogen and oxygen atoms in total. The van der Waals surface area contributed by atoms with E-state index in [1.54, 1.807) is 6.33 Å². The predicted octanol–water partition coefficient (Wildman–Crippen LogP) is 5.47. The molecule has 0 fully saturated rings. The van der Waals surface area contributed by atoms with Crippen LogP contribution in [0.25, 0.3) is 0 Å². The van der Waals surface area contributed by atoms with Crippen LogP contribution in [-0.4, -0.2) is 27.3 Å². The fourth-order valence-electron chi connectivity index (χ4n) is 3.32. The van der Waals surface area contributed by atoms with E-state index in [2.05, 4.69) is 29.9 Å². The lowest BCUT2D eigenvalue weighted by molar-refractivity contribution is -0.121. The molecule has 0 spiro atoms. The van der Waals surface area contributed by atoms with Crippen LogP contribution in [0.2, 0.25) is 0 Å². The highest BCUT2D eigenvalue weighted by Gasteiger charge is 2.03. The third-order valence-corrected chi connectivity index (χ3v) is 5.56. The first-order chi connectivity index (χ1) is 13.1. The zero-order chi connectivity index (χ0) is 19.7. The number of hydrogen-bond donors (Lipinski definition) is 2. The van der Waals surface area contributed by atoms with Crippen LogP contribution in [0.4, 0.5) is 0 Å².